The molecule has 3 atom stereocenters. The van der Waals surface area contributed by atoms with E-state index in [0.717, 1.165) is 19.3 Å². The van der Waals surface area contributed by atoms with E-state index >= 15 is 0 Å². The minimum Gasteiger partial charge on any atom is -0.300 e. The van der Waals surface area contributed by atoms with Crippen LogP contribution >= 0.6 is 0 Å². The Labute approximate surface area is 146 Å². The molecule has 0 saturated heterocycles. The number of Topliss-reactive ketones (excluding diaryl/α,β-unsaturated/α-hetero) is 1. The molecule has 0 aromatic heterocycles. The average Bonchev–Trinajstić information content (AvgIpc) is 2.43. The molecule has 1 nitrogen and oxygen atoms in total. The van der Waals surface area contributed by atoms with Crippen molar-refractivity contribution in [2.45, 2.75) is 106 Å². The maximum absolute atomic E-state index is 12.2. The Hall–Kier alpha value is -0.330. The van der Waals surface area contributed by atoms with Gasteiger partial charge in [-0.1, -0.05) is 74.1 Å². The average molecular weight is 323 g/mol. The predicted molar refractivity (Wildman–Crippen MR) is 102 cm³/mol. The summed E-state index contributed by atoms with van der Waals surface area (Å²) in [4.78, 5) is 12.2. The van der Waals surface area contributed by atoms with E-state index in [2.05, 4.69) is 48.5 Å². The van der Waals surface area contributed by atoms with Crippen LogP contribution in [0, 0.1) is 28.6 Å². The minimum atomic E-state index is 0.334. The zero-order chi connectivity index (χ0) is 17.7. The number of hydrogen-bond acceptors (Lipinski definition) is 1. The summed E-state index contributed by atoms with van der Waals surface area (Å²) in [5.74, 6) is 2.33. The molecule has 136 valence electrons. The maximum atomic E-state index is 12.2. The molecule has 0 bridgehead atoms. The summed E-state index contributed by atoms with van der Waals surface area (Å²) in [5.41, 5.74) is 0.739. The summed E-state index contributed by atoms with van der Waals surface area (Å²) in [5, 5.41) is 0. The van der Waals surface area contributed by atoms with Crippen molar-refractivity contribution in [3.8, 4) is 0 Å². The lowest BCUT2D eigenvalue weighted by atomic mass is 9.61. The van der Waals surface area contributed by atoms with Gasteiger partial charge in [-0.25, -0.2) is 0 Å². The largest absolute Gasteiger partial charge is 0.300 e. The van der Waals surface area contributed by atoms with Crippen LogP contribution < -0.4 is 0 Å². The van der Waals surface area contributed by atoms with Gasteiger partial charge in [0.05, 0.1) is 0 Å². The van der Waals surface area contributed by atoms with Gasteiger partial charge in [0.15, 0.2) is 0 Å². The number of rotatable bonds is 0. The lowest BCUT2D eigenvalue weighted by molar-refractivity contribution is -0.120. The Morgan fingerprint density at radius 3 is 2.00 bits per heavy atom. The molecule has 3 unspecified atom stereocenters. The quantitative estimate of drug-likeness (QED) is 0.467. The fraction of sp³-hybridized carbons (Fsp3) is 0.955. The second-order valence-corrected chi connectivity index (χ2v) is 9.87. The van der Waals surface area contributed by atoms with E-state index in [9.17, 15) is 4.79 Å². The molecule has 1 heteroatoms. The van der Waals surface area contributed by atoms with E-state index in [1.54, 1.807) is 0 Å². The monoisotopic (exact) mass is 322 g/mol. The molecule has 0 amide bonds. The van der Waals surface area contributed by atoms with Gasteiger partial charge in [0.2, 0.25) is 0 Å². The van der Waals surface area contributed by atoms with Gasteiger partial charge in [-0.15, -0.1) is 0 Å². The van der Waals surface area contributed by atoms with Crippen molar-refractivity contribution in [3.05, 3.63) is 0 Å². The second-order valence-electron chi connectivity index (χ2n) is 9.87. The summed E-state index contributed by atoms with van der Waals surface area (Å²) in [6.07, 6.45) is 10.5. The van der Waals surface area contributed by atoms with E-state index in [-0.39, 0.29) is 0 Å². The van der Waals surface area contributed by atoms with Gasteiger partial charge in [0.25, 0.3) is 0 Å². The molecular weight excluding hydrogens is 280 g/mol. The molecule has 1 fully saturated rings. The fourth-order valence-electron chi connectivity index (χ4n) is 4.58. The first-order chi connectivity index (χ1) is 10.6. The molecule has 0 aromatic rings. The summed E-state index contributed by atoms with van der Waals surface area (Å²) < 4.78 is 0. The Kier molecular flexibility index (Phi) is 7.81. The lowest BCUT2D eigenvalue weighted by Crippen LogP contribution is -2.36. The summed E-state index contributed by atoms with van der Waals surface area (Å²) in [6.45, 7) is 16.9. The summed E-state index contributed by atoms with van der Waals surface area (Å²) in [6, 6.07) is 0. The first kappa shape index (κ1) is 20.7. The van der Waals surface area contributed by atoms with Crippen molar-refractivity contribution in [3.63, 3.8) is 0 Å². The van der Waals surface area contributed by atoms with Crippen LogP contribution in [0.5, 0.6) is 0 Å². The van der Waals surface area contributed by atoms with Crippen LogP contribution in [-0.4, -0.2) is 5.78 Å². The van der Waals surface area contributed by atoms with Crippen LogP contribution in [0.2, 0.25) is 0 Å². The molecule has 0 heterocycles. The number of carbonyl (C=O) groups excluding carboxylic acids is 1. The molecule has 0 spiro atoms. The third-order valence-electron chi connectivity index (χ3n) is 6.99. The number of carbonyl (C=O) groups is 1. The van der Waals surface area contributed by atoms with Crippen molar-refractivity contribution in [2.24, 2.45) is 28.6 Å². The van der Waals surface area contributed by atoms with Crippen molar-refractivity contribution in [2.75, 3.05) is 0 Å². The summed E-state index contributed by atoms with van der Waals surface area (Å²) >= 11 is 0. The molecule has 1 saturated carbocycles. The normalized spacial score (nSPS) is 34.4. The molecule has 0 N–H and O–H groups in total. The number of hydrogen-bond donors (Lipinski definition) is 0. The molecule has 1 aliphatic rings. The Bertz CT molecular complexity index is 366. The molecule has 1 aliphatic carbocycles. The third-order valence-corrected chi connectivity index (χ3v) is 6.99. The van der Waals surface area contributed by atoms with Crippen LogP contribution in [0.15, 0.2) is 0 Å². The molecular formula is C22H42O. The Morgan fingerprint density at radius 2 is 1.35 bits per heavy atom. The second kappa shape index (κ2) is 8.67. The van der Waals surface area contributed by atoms with Gasteiger partial charge in [0.1, 0.15) is 5.78 Å². The zero-order valence-corrected chi connectivity index (χ0v) is 17.0. The first-order valence-electron chi connectivity index (χ1n) is 10.1. The smallest absolute Gasteiger partial charge is 0.133 e. The Morgan fingerprint density at radius 1 is 0.783 bits per heavy atom. The SMILES string of the molecule is CC1CC(=O)CCCCCCCC(C)(C)C(C)C(C)(C)CC1C. The highest BCUT2D eigenvalue weighted by molar-refractivity contribution is 5.78. The molecule has 1 rings (SSSR count). The third kappa shape index (κ3) is 6.59. The molecule has 0 aliphatic heterocycles. The van der Waals surface area contributed by atoms with Gasteiger partial charge in [-0.2, -0.15) is 0 Å². The van der Waals surface area contributed by atoms with Gasteiger partial charge in [-0.05, 0) is 47.8 Å². The Balaban J connectivity index is 2.86. The van der Waals surface area contributed by atoms with E-state index in [1.165, 1.54) is 38.5 Å². The van der Waals surface area contributed by atoms with Crippen LogP contribution in [0.4, 0.5) is 0 Å². The van der Waals surface area contributed by atoms with Gasteiger partial charge < -0.3 is 0 Å². The minimum absolute atomic E-state index is 0.334. The van der Waals surface area contributed by atoms with Gasteiger partial charge in [-0.3, -0.25) is 4.79 Å². The van der Waals surface area contributed by atoms with Crippen molar-refractivity contribution >= 4 is 5.78 Å². The van der Waals surface area contributed by atoms with Crippen LogP contribution in [0.25, 0.3) is 0 Å². The fourth-order valence-corrected chi connectivity index (χ4v) is 4.58. The van der Waals surface area contributed by atoms with Crippen LogP contribution in [0.3, 0.4) is 0 Å². The molecule has 23 heavy (non-hydrogen) atoms. The highest BCUT2D eigenvalue weighted by atomic mass is 16.1. The lowest BCUT2D eigenvalue weighted by Gasteiger charge is -2.45. The van der Waals surface area contributed by atoms with Crippen LogP contribution in [0.1, 0.15) is 106 Å². The summed E-state index contributed by atoms with van der Waals surface area (Å²) in [7, 11) is 0. The zero-order valence-electron chi connectivity index (χ0n) is 17.0. The predicted octanol–water partition coefficient (Wildman–Crippen LogP) is 7.04. The van der Waals surface area contributed by atoms with E-state index in [4.69, 9.17) is 0 Å². The highest BCUT2D eigenvalue weighted by Crippen LogP contribution is 2.47. The topological polar surface area (TPSA) is 17.1 Å². The maximum Gasteiger partial charge on any atom is 0.133 e. The standard InChI is InChI=1S/C22H42O/c1-17-15-20(23)13-11-9-8-10-12-14-21(4,5)19(3)22(6,7)16-18(17)2/h17-19H,8-16H2,1-7H3. The first-order valence-corrected chi connectivity index (χ1v) is 10.1. The van der Waals surface area contributed by atoms with E-state index in [1.807, 2.05) is 0 Å². The van der Waals surface area contributed by atoms with E-state index in [0.29, 0.717) is 34.4 Å². The molecule has 0 radical (unpaired) electrons. The van der Waals surface area contributed by atoms with Crippen LogP contribution in [-0.2, 0) is 4.79 Å². The number of ketones is 1. The van der Waals surface area contributed by atoms with Crippen molar-refractivity contribution < 1.29 is 4.79 Å². The van der Waals surface area contributed by atoms with Crippen molar-refractivity contribution in [1.82, 2.24) is 0 Å². The highest BCUT2D eigenvalue weighted by Gasteiger charge is 2.38. The van der Waals surface area contributed by atoms with Gasteiger partial charge >= 0.3 is 0 Å². The van der Waals surface area contributed by atoms with Gasteiger partial charge in [0, 0.05) is 12.8 Å². The van der Waals surface area contributed by atoms with E-state index < -0.39 is 0 Å². The molecule has 0 aromatic carbocycles. The van der Waals surface area contributed by atoms with Crippen molar-refractivity contribution in [1.29, 1.82) is 0 Å².